The van der Waals surface area contributed by atoms with Gasteiger partial charge in [-0.1, -0.05) is 11.6 Å². The number of ether oxygens (including phenoxy) is 1. The summed E-state index contributed by atoms with van der Waals surface area (Å²) < 4.78 is 18.2. The molecule has 0 spiro atoms. The molecule has 0 saturated heterocycles. The first-order chi connectivity index (χ1) is 11.2. The molecule has 0 saturated carbocycles. The first-order valence-corrected chi connectivity index (χ1v) is 7.63. The maximum atomic E-state index is 13.0. The van der Waals surface area contributed by atoms with E-state index < -0.39 is 17.5 Å². The van der Waals surface area contributed by atoms with Gasteiger partial charge in [-0.05, 0) is 63.2 Å². The first-order valence-electron chi connectivity index (χ1n) is 7.25. The lowest BCUT2D eigenvalue weighted by Crippen LogP contribution is -2.27. The number of carbonyl (C=O) groups excluding carboxylic acids is 2. The van der Waals surface area contributed by atoms with E-state index >= 15 is 0 Å². The van der Waals surface area contributed by atoms with Gasteiger partial charge in [-0.15, -0.1) is 0 Å². The Bertz CT molecular complexity index is 767. The van der Waals surface area contributed by atoms with Crippen LogP contribution in [0.25, 0.3) is 0 Å². The average Bonchev–Trinajstić information content (AvgIpc) is 2.47. The van der Waals surface area contributed by atoms with Crippen molar-refractivity contribution in [2.24, 2.45) is 0 Å². The Balaban J connectivity index is 2.32. The van der Waals surface area contributed by atoms with Crippen molar-refractivity contribution in [2.45, 2.75) is 26.4 Å². The van der Waals surface area contributed by atoms with Crippen LogP contribution in [0.3, 0.4) is 0 Å². The number of anilines is 1. The fourth-order valence-electron chi connectivity index (χ4n) is 1.98. The molecule has 0 atom stereocenters. The Kier molecular flexibility index (Phi) is 5.24. The van der Waals surface area contributed by atoms with Gasteiger partial charge in [-0.25, -0.2) is 9.18 Å². The number of benzene rings is 2. The first kappa shape index (κ1) is 17.9. The van der Waals surface area contributed by atoms with E-state index in [0.717, 1.165) is 0 Å². The van der Waals surface area contributed by atoms with E-state index in [-0.39, 0.29) is 22.6 Å². The Labute approximate surface area is 144 Å². The fourth-order valence-corrected chi connectivity index (χ4v) is 2.16. The van der Waals surface area contributed by atoms with Crippen molar-refractivity contribution >= 4 is 29.2 Å². The Hall–Kier alpha value is -2.40. The highest BCUT2D eigenvalue weighted by Crippen LogP contribution is 2.24. The molecule has 4 nitrogen and oxygen atoms in total. The molecule has 126 valence electrons. The van der Waals surface area contributed by atoms with E-state index in [2.05, 4.69) is 5.32 Å². The van der Waals surface area contributed by atoms with Crippen LogP contribution in [0, 0.1) is 5.82 Å². The number of nitrogens with one attached hydrogen (secondary N) is 1. The van der Waals surface area contributed by atoms with E-state index in [1.165, 1.54) is 36.4 Å². The number of ketones is 1. The minimum absolute atomic E-state index is 0.194. The molecule has 24 heavy (non-hydrogen) atoms. The molecule has 0 fully saturated rings. The Morgan fingerprint density at radius 2 is 1.71 bits per heavy atom. The number of rotatable bonds is 3. The molecule has 2 aromatic rings. The highest BCUT2D eigenvalue weighted by Gasteiger charge is 2.20. The molecule has 1 N–H and O–H groups in total. The zero-order valence-corrected chi connectivity index (χ0v) is 14.3. The lowest BCUT2D eigenvalue weighted by Gasteiger charge is -2.20. The largest absolute Gasteiger partial charge is 0.444 e. The van der Waals surface area contributed by atoms with Gasteiger partial charge < -0.3 is 4.74 Å². The third-order valence-corrected chi connectivity index (χ3v) is 3.20. The average molecular weight is 350 g/mol. The minimum atomic E-state index is -0.682. The van der Waals surface area contributed by atoms with Crippen LogP contribution in [-0.2, 0) is 4.74 Å². The third kappa shape index (κ3) is 4.80. The monoisotopic (exact) mass is 349 g/mol. The zero-order chi connectivity index (χ0) is 17.9. The summed E-state index contributed by atoms with van der Waals surface area (Å²) in [6.07, 6.45) is -0.682. The predicted octanol–water partition coefficient (Wildman–Crippen LogP) is 5.06. The van der Waals surface area contributed by atoms with Crippen molar-refractivity contribution in [2.75, 3.05) is 5.32 Å². The highest BCUT2D eigenvalue weighted by atomic mass is 35.5. The van der Waals surface area contributed by atoms with Gasteiger partial charge in [0, 0.05) is 16.1 Å². The third-order valence-electron chi connectivity index (χ3n) is 2.97. The molecular weight excluding hydrogens is 333 g/mol. The van der Waals surface area contributed by atoms with Gasteiger partial charge >= 0.3 is 6.09 Å². The molecular formula is C18H17ClFNO3. The van der Waals surface area contributed by atoms with E-state index in [1.807, 2.05) is 0 Å². The van der Waals surface area contributed by atoms with Crippen molar-refractivity contribution in [3.8, 4) is 0 Å². The van der Waals surface area contributed by atoms with Crippen LogP contribution in [0.5, 0.6) is 0 Å². The van der Waals surface area contributed by atoms with Gasteiger partial charge in [0.2, 0.25) is 0 Å². The number of amides is 1. The maximum absolute atomic E-state index is 13.0. The van der Waals surface area contributed by atoms with E-state index in [9.17, 15) is 14.0 Å². The molecule has 0 radical (unpaired) electrons. The normalized spacial score (nSPS) is 11.0. The lowest BCUT2D eigenvalue weighted by molar-refractivity contribution is 0.0636. The van der Waals surface area contributed by atoms with Crippen LogP contribution < -0.4 is 5.32 Å². The van der Waals surface area contributed by atoms with Crippen LogP contribution in [-0.4, -0.2) is 17.5 Å². The summed E-state index contributed by atoms with van der Waals surface area (Å²) >= 11 is 5.96. The summed E-state index contributed by atoms with van der Waals surface area (Å²) in [6, 6.07) is 9.64. The standard InChI is InChI=1S/C18H17ClFNO3/c1-18(2,3)24-17(23)21-15-9-6-12(19)10-14(15)16(22)11-4-7-13(20)8-5-11/h4-10H,1-3H3,(H,21,23). The molecule has 2 aromatic carbocycles. The Morgan fingerprint density at radius 3 is 2.29 bits per heavy atom. The van der Waals surface area contributed by atoms with Gasteiger partial charge in [0.15, 0.2) is 5.78 Å². The molecule has 0 unspecified atom stereocenters. The summed E-state index contributed by atoms with van der Waals surface area (Å²) in [5.74, 6) is -0.826. The fraction of sp³-hybridized carbons (Fsp3) is 0.222. The number of halogens is 2. The number of hydrogen-bond donors (Lipinski definition) is 1. The van der Waals surface area contributed by atoms with E-state index in [1.54, 1.807) is 26.8 Å². The van der Waals surface area contributed by atoms with Crippen LogP contribution in [0.1, 0.15) is 36.7 Å². The van der Waals surface area contributed by atoms with Crippen LogP contribution in [0.15, 0.2) is 42.5 Å². The predicted molar refractivity (Wildman–Crippen MR) is 91.1 cm³/mol. The summed E-state index contributed by atoms with van der Waals surface area (Å²) in [5, 5.41) is 2.88. The SMILES string of the molecule is CC(C)(C)OC(=O)Nc1ccc(Cl)cc1C(=O)c1ccc(F)cc1. The van der Waals surface area contributed by atoms with Crippen molar-refractivity contribution in [1.82, 2.24) is 0 Å². The van der Waals surface area contributed by atoms with Crippen molar-refractivity contribution in [3.63, 3.8) is 0 Å². The van der Waals surface area contributed by atoms with Crippen molar-refractivity contribution in [1.29, 1.82) is 0 Å². The summed E-state index contributed by atoms with van der Waals surface area (Å²) in [7, 11) is 0. The quantitative estimate of drug-likeness (QED) is 0.788. The molecule has 2 rings (SSSR count). The van der Waals surface area contributed by atoms with Gasteiger partial charge in [0.05, 0.1) is 5.69 Å². The van der Waals surface area contributed by atoms with Crippen molar-refractivity contribution < 1.29 is 18.7 Å². The van der Waals surface area contributed by atoms with Gasteiger partial charge in [-0.2, -0.15) is 0 Å². The van der Waals surface area contributed by atoms with Gasteiger partial charge in [0.25, 0.3) is 0 Å². The van der Waals surface area contributed by atoms with Gasteiger partial charge in [0.1, 0.15) is 11.4 Å². The Morgan fingerprint density at radius 1 is 1.08 bits per heavy atom. The van der Waals surface area contributed by atoms with Crippen LogP contribution >= 0.6 is 11.6 Å². The van der Waals surface area contributed by atoms with Gasteiger partial charge in [-0.3, -0.25) is 10.1 Å². The maximum Gasteiger partial charge on any atom is 0.412 e. The van der Waals surface area contributed by atoms with E-state index in [0.29, 0.717) is 5.02 Å². The van der Waals surface area contributed by atoms with Crippen LogP contribution in [0.4, 0.5) is 14.9 Å². The van der Waals surface area contributed by atoms with Crippen molar-refractivity contribution in [3.05, 3.63) is 64.4 Å². The molecule has 1 amide bonds. The second-order valence-corrected chi connectivity index (χ2v) is 6.59. The zero-order valence-electron chi connectivity index (χ0n) is 13.5. The number of hydrogen-bond acceptors (Lipinski definition) is 3. The summed E-state index contributed by atoms with van der Waals surface area (Å²) in [4.78, 5) is 24.6. The molecule has 0 bridgehead atoms. The summed E-state index contributed by atoms with van der Waals surface area (Å²) in [5.41, 5.74) is 0.0753. The molecule has 6 heteroatoms. The van der Waals surface area contributed by atoms with E-state index in [4.69, 9.17) is 16.3 Å². The molecule has 0 aliphatic heterocycles. The minimum Gasteiger partial charge on any atom is -0.444 e. The summed E-state index contributed by atoms with van der Waals surface area (Å²) in [6.45, 7) is 5.21. The molecule has 0 aliphatic carbocycles. The second-order valence-electron chi connectivity index (χ2n) is 6.15. The molecule has 0 heterocycles. The smallest absolute Gasteiger partial charge is 0.412 e. The molecule has 0 aromatic heterocycles. The van der Waals surface area contributed by atoms with Crippen LogP contribution in [0.2, 0.25) is 5.02 Å². The topological polar surface area (TPSA) is 55.4 Å². The highest BCUT2D eigenvalue weighted by molar-refractivity contribution is 6.31. The lowest BCUT2D eigenvalue weighted by atomic mass is 10.0. The molecule has 0 aliphatic rings. The number of carbonyl (C=O) groups is 2. The second kappa shape index (κ2) is 7.01.